The maximum absolute atomic E-state index is 12.5. The van der Waals surface area contributed by atoms with Gasteiger partial charge in [0.05, 0.1) is 18.8 Å². The Kier molecular flexibility index (Phi) is 4.69. The summed E-state index contributed by atoms with van der Waals surface area (Å²) in [6.45, 7) is 0.244. The molecule has 8 nitrogen and oxygen atoms in total. The molecule has 1 aromatic rings. The number of nitrogens with zero attached hydrogens (tertiary/aromatic N) is 1. The van der Waals surface area contributed by atoms with Crippen molar-refractivity contribution in [3.05, 3.63) is 23.8 Å². The van der Waals surface area contributed by atoms with E-state index in [1.807, 2.05) is 0 Å². The summed E-state index contributed by atoms with van der Waals surface area (Å²) in [6.07, 6.45) is 0. The van der Waals surface area contributed by atoms with E-state index in [4.69, 9.17) is 17.2 Å². The summed E-state index contributed by atoms with van der Waals surface area (Å²) in [4.78, 5) is 21.8. The van der Waals surface area contributed by atoms with E-state index in [2.05, 4.69) is 0 Å². The van der Waals surface area contributed by atoms with E-state index in [9.17, 15) is 18.0 Å². The standard InChI is InChI=1S/C11H16N4O4S/c1-7-3-2-4-8(12)11(7)20(18,19)15(5-9(13)16)6-10(14)17/h2-4H,5-6,12H2,1H3,(H2,13,16)(H2,14,17). The van der Waals surface area contributed by atoms with Crippen molar-refractivity contribution < 1.29 is 18.0 Å². The first-order valence-electron chi connectivity index (χ1n) is 5.58. The highest BCUT2D eigenvalue weighted by Gasteiger charge is 2.30. The van der Waals surface area contributed by atoms with Crippen molar-refractivity contribution in [3.8, 4) is 0 Å². The normalized spacial score (nSPS) is 11.5. The fraction of sp³-hybridized carbons (Fsp3) is 0.273. The summed E-state index contributed by atoms with van der Waals surface area (Å²) in [5.74, 6) is -1.80. The molecule has 0 bridgehead atoms. The monoisotopic (exact) mass is 300 g/mol. The number of aryl methyl sites for hydroxylation is 1. The zero-order valence-corrected chi connectivity index (χ0v) is 11.7. The molecule has 0 unspecified atom stereocenters. The molecule has 0 aromatic heterocycles. The molecule has 0 saturated carbocycles. The van der Waals surface area contributed by atoms with Crippen LogP contribution in [0.3, 0.4) is 0 Å². The summed E-state index contributed by atoms with van der Waals surface area (Å²) in [6, 6.07) is 4.55. The van der Waals surface area contributed by atoms with E-state index in [0.29, 0.717) is 9.87 Å². The molecule has 110 valence electrons. The molecular formula is C11H16N4O4S. The number of nitrogens with two attached hydrogens (primary N) is 3. The third-order valence-electron chi connectivity index (χ3n) is 2.50. The van der Waals surface area contributed by atoms with Gasteiger partial charge in [-0.1, -0.05) is 12.1 Å². The highest BCUT2D eigenvalue weighted by atomic mass is 32.2. The lowest BCUT2D eigenvalue weighted by molar-refractivity contribution is -0.120. The summed E-state index contributed by atoms with van der Waals surface area (Å²) in [7, 11) is -4.15. The molecule has 0 aliphatic heterocycles. The highest BCUT2D eigenvalue weighted by Crippen LogP contribution is 2.25. The van der Waals surface area contributed by atoms with Crippen LogP contribution in [0.4, 0.5) is 5.69 Å². The number of rotatable bonds is 6. The predicted molar refractivity (Wildman–Crippen MR) is 72.7 cm³/mol. The fourth-order valence-electron chi connectivity index (χ4n) is 1.73. The maximum Gasteiger partial charge on any atom is 0.246 e. The Balaban J connectivity index is 3.36. The number of amides is 2. The van der Waals surface area contributed by atoms with Crippen molar-refractivity contribution in [2.24, 2.45) is 11.5 Å². The summed E-state index contributed by atoms with van der Waals surface area (Å²) in [5.41, 5.74) is 16.1. The van der Waals surface area contributed by atoms with Crippen LogP contribution in [0.5, 0.6) is 0 Å². The number of carbonyl (C=O) groups excluding carboxylic acids is 2. The van der Waals surface area contributed by atoms with Crippen LogP contribution < -0.4 is 17.2 Å². The first kappa shape index (κ1) is 15.9. The zero-order chi connectivity index (χ0) is 15.5. The number of primary amides is 2. The van der Waals surface area contributed by atoms with Crippen molar-refractivity contribution in [2.75, 3.05) is 18.8 Å². The predicted octanol–water partition coefficient (Wildman–Crippen LogP) is -1.46. The average molecular weight is 300 g/mol. The maximum atomic E-state index is 12.5. The fourth-order valence-corrected chi connectivity index (χ4v) is 3.42. The molecule has 1 aromatic carbocycles. The number of anilines is 1. The van der Waals surface area contributed by atoms with Gasteiger partial charge in [0.2, 0.25) is 21.8 Å². The number of hydrogen-bond acceptors (Lipinski definition) is 5. The lowest BCUT2D eigenvalue weighted by Crippen LogP contribution is -2.43. The van der Waals surface area contributed by atoms with Crippen LogP contribution in [0.15, 0.2) is 23.1 Å². The largest absolute Gasteiger partial charge is 0.398 e. The van der Waals surface area contributed by atoms with Crippen molar-refractivity contribution in [1.82, 2.24) is 4.31 Å². The van der Waals surface area contributed by atoms with Crippen LogP contribution in [0.1, 0.15) is 5.56 Å². The summed E-state index contributed by atoms with van der Waals surface area (Å²) < 4.78 is 25.6. The SMILES string of the molecule is Cc1cccc(N)c1S(=O)(=O)N(CC(N)=O)CC(N)=O. The second-order valence-electron chi connectivity index (χ2n) is 4.20. The number of nitrogen functional groups attached to an aromatic ring is 1. The van der Waals surface area contributed by atoms with Gasteiger partial charge in [-0.25, -0.2) is 8.42 Å². The molecule has 0 radical (unpaired) electrons. The third-order valence-corrected chi connectivity index (χ3v) is 4.52. The van der Waals surface area contributed by atoms with Crippen LogP contribution in [0.2, 0.25) is 0 Å². The Morgan fingerprint density at radius 3 is 2.05 bits per heavy atom. The molecule has 20 heavy (non-hydrogen) atoms. The van der Waals surface area contributed by atoms with Crippen LogP contribution in [-0.4, -0.2) is 37.6 Å². The lowest BCUT2D eigenvalue weighted by Gasteiger charge is -2.21. The number of hydrogen-bond donors (Lipinski definition) is 3. The summed E-state index contributed by atoms with van der Waals surface area (Å²) in [5, 5.41) is 0. The quantitative estimate of drug-likeness (QED) is 0.549. The third kappa shape index (κ3) is 3.45. The molecule has 0 heterocycles. The van der Waals surface area contributed by atoms with Crippen LogP contribution in [-0.2, 0) is 19.6 Å². The first-order chi connectivity index (χ1) is 9.16. The number of benzene rings is 1. The van der Waals surface area contributed by atoms with Gasteiger partial charge >= 0.3 is 0 Å². The van der Waals surface area contributed by atoms with Gasteiger partial charge in [-0.15, -0.1) is 0 Å². The van der Waals surface area contributed by atoms with E-state index < -0.39 is 34.9 Å². The second-order valence-corrected chi connectivity index (χ2v) is 6.07. The van der Waals surface area contributed by atoms with Crippen LogP contribution in [0.25, 0.3) is 0 Å². The molecule has 0 saturated heterocycles. The molecule has 9 heteroatoms. The van der Waals surface area contributed by atoms with E-state index in [0.717, 1.165) is 0 Å². The minimum Gasteiger partial charge on any atom is -0.398 e. The Bertz CT molecular complexity index is 606. The van der Waals surface area contributed by atoms with Crippen LogP contribution >= 0.6 is 0 Å². The molecule has 0 fully saturated rings. The highest BCUT2D eigenvalue weighted by molar-refractivity contribution is 7.89. The van der Waals surface area contributed by atoms with Gasteiger partial charge in [0.25, 0.3) is 0 Å². The first-order valence-corrected chi connectivity index (χ1v) is 7.02. The second kappa shape index (κ2) is 5.88. The van der Waals surface area contributed by atoms with Gasteiger partial charge in [-0.05, 0) is 18.6 Å². The molecule has 0 aliphatic rings. The van der Waals surface area contributed by atoms with E-state index >= 15 is 0 Å². The van der Waals surface area contributed by atoms with Crippen molar-refractivity contribution >= 4 is 27.5 Å². The van der Waals surface area contributed by atoms with Gasteiger partial charge in [0.15, 0.2) is 0 Å². The van der Waals surface area contributed by atoms with Crippen molar-refractivity contribution in [2.45, 2.75) is 11.8 Å². The van der Waals surface area contributed by atoms with Gasteiger partial charge in [-0.2, -0.15) is 4.31 Å². The molecule has 2 amide bonds. The molecular weight excluding hydrogens is 284 g/mol. The molecule has 0 aliphatic carbocycles. The Hall–Kier alpha value is -2.13. The topological polar surface area (TPSA) is 150 Å². The lowest BCUT2D eigenvalue weighted by atomic mass is 10.2. The minimum atomic E-state index is -4.15. The van der Waals surface area contributed by atoms with Crippen LogP contribution in [0, 0.1) is 6.92 Å². The van der Waals surface area contributed by atoms with Crippen molar-refractivity contribution in [3.63, 3.8) is 0 Å². The van der Waals surface area contributed by atoms with Gasteiger partial charge in [0.1, 0.15) is 4.90 Å². The zero-order valence-electron chi connectivity index (χ0n) is 10.9. The number of sulfonamides is 1. The smallest absolute Gasteiger partial charge is 0.246 e. The molecule has 6 N–H and O–H groups in total. The van der Waals surface area contributed by atoms with E-state index in [-0.39, 0.29) is 10.6 Å². The van der Waals surface area contributed by atoms with Gasteiger partial charge in [0, 0.05) is 0 Å². The van der Waals surface area contributed by atoms with E-state index in [1.54, 1.807) is 19.1 Å². The number of carbonyl (C=O) groups is 2. The average Bonchev–Trinajstić information content (AvgIpc) is 2.26. The Morgan fingerprint density at radius 2 is 1.65 bits per heavy atom. The van der Waals surface area contributed by atoms with Gasteiger partial charge < -0.3 is 17.2 Å². The minimum absolute atomic E-state index is 0.0175. The molecule has 0 atom stereocenters. The Morgan fingerprint density at radius 1 is 1.15 bits per heavy atom. The van der Waals surface area contributed by atoms with Gasteiger partial charge in [-0.3, -0.25) is 9.59 Å². The van der Waals surface area contributed by atoms with Crippen molar-refractivity contribution in [1.29, 1.82) is 0 Å². The molecule has 1 rings (SSSR count). The summed E-state index contributed by atoms with van der Waals surface area (Å²) >= 11 is 0. The molecule has 0 spiro atoms. The van der Waals surface area contributed by atoms with E-state index in [1.165, 1.54) is 6.07 Å². The Labute approximate surface area is 116 Å².